The average Bonchev–Trinajstić information content (AvgIpc) is 2.50. The van der Waals surface area contributed by atoms with Crippen LogP contribution in [-0.4, -0.2) is 33.2 Å². The van der Waals surface area contributed by atoms with E-state index < -0.39 is 10.8 Å². The van der Waals surface area contributed by atoms with Crippen LogP contribution in [0.4, 0.5) is 5.69 Å². The second-order valence-electron chi connectivity index (χ2n) is 5.74. The van der Waals surface area contributed by atoms with Gasteiger partial charge in [0, 0.05) is 16.8 Å². The molecule has 2 saturated heterocycles. The number of hydrogen-bond acceptors (Lipinski definition) is 4. The van der Waals surface area contributed by atoms with E-state index in [4.69, 9.17) is 22.1 Å². The van der Waals surface area contributed by atoms with Gasteiger partial charge in [-0.05, 0) is 55.4 Å². The van der Waals surface area contributed by atoms with Crippen LogP contribution in [0.2, 0.25) is 5.02 Å². The summed E-state index contributed by atoms with van der Waals surface area (Å²) in [6.45, 7) is 0.712. The molecular formula is C15H20ClNO2S2. The molecule has 116 valence electrons. The third-order valence-corrected chi connectivity index (χ3v) is 7.40. The van der Waals surface area contributed by atoms with E-state index in [1.165, 1.54) is 0 Å². The molecule has 2 atom stereocenters. The zero-order valence-electron chi connectivity index (χ0n) is 11.8. The molecule has 0 amide bonds. The second kappa shape index (κ2) is 6.49. The molecule has 0 radical (unpaired) electrons. The molecule has 2 aliphatic rings. The second-order valence-corrected chi connectivity index (χ2v) is 9.10. The van der Waals surface area contributed by atoms with E-state index in [-0.39, 0.29) is 10.9 Å². The van der Waals surface area contributed by atoms with Gasteiger partial charge < -0.3 is 10.5 Å². The number of rotatable bonds is 2. The van der Waals surface area contributed by atoms with Crippen molar-refractivity contribution in [3.05, 3.63) is 23.2 Å². The summed E-state index contributed by atoms with van der Waals surface area (Å²) in [5.41, 5.74) is 6.22. The maximum Gasteiger partial charge on any atom is 0.0709 e. The minimum absolute atomic E-state index is 0.0402. The molecule has 21 heavy (non-hydrogen) atoms. The summed E-state index contributed by atoms with van der Waals surface area (Å²) in [5, 5.41) is 0.637. The van der Waals surface area contributed by atoms with Crippen molar-refractivity contribution >= 4 is 39.8 Å². The normalized spacial score (nSPS) is 26.6. The predicted molar refractivity (Wildman–Crippen MR) is 90.5 cm³/mol. The first-order valence-electron chi connectivity index (χ1n) is 7.27. The van der Waals surface area contributed by atoms with Crippen LogP contribution in [0.3, 0.4) is 0 Å². The first-order chi connectivity index (χ1) is 10.1. The van der Waals surface area contributed by atoms with Crippen LogP contribution >= 0.6 is 23.4 Å². The molecule has 0 aromatic heterocycles. The van der Waals surface area contributed by atoms with E-state index >= 15 is 0 Å². The molecule has 0 aliphatic carbocycles. The summed E-state index contributed by atoms with van der Waals surface area (Å²) < 4.78 is 18.9. The van der Waals surface area contributed by atoms with E-state index in [2.05, 4.69) is 0 Å². The topological polar surface area (TPSA) is 52.3 Å². The van der Waals surface area contributed by atoms with Crippen molar-refractivity contribution in [3.63, 3.8) is 0 Å². The Morgan fingerprint density at radius 2 is 2.14 bits per heavy atom. The maximum atomic E-state index is 12.8. The smallest absolute Gasteiger partial charge is 0.0709 e. The van der Waals surface area contributed by atoms with Crippen LogP contribution in [0.5, 0.6) is 0 Å². The van der Waals surface area contributed by atoms with Crippen molar-refractivity contribution in [1.29, 1.82) is 0 Å². The lowest BCUT2D eigenvalue weighted by Gasteiger charge is -2.43. The zero-order valence-corrected chi connectivity index (χ0v) is 14.2. The fourth-order valence-corrected chi connectivity index (χ4v) is 6.15. The molecule has 0 saturated carbocycles. The maximum absolute atomic E-state index is 12.8. The molecule has 2 unspecified atom stereocenters. The fourth-order valence-electron chi connectivity index (χ4n) is 3.08. The van der Waals surface area contributed by atoms with Crippen molar-refractivity contribution < 1.29 is 8.95 Å². The Morgan fingerprint density at radius 3 is 2.86 bits per heavy atom. The van der Waals surface area contributed by atoms with Crippen molar-refractivity contribution in [3.8, 4) is 0 Å². The van der Waals surface area contributed by atoms with Gasteiger partial charge in [0.1, 0.15) is 0 Å². The first-order valence-corrected chi connectivity index (χ1v) is 10.0. The molecule has 3 rings (SSSR count). The highest BCUT2D eigenvalue weighted by Gasteiger charge is 2.40. The van der Waals surface area contributed by atoms with Gasteiger partial charge in [0.15, 0.2) is 0 Å². The number of nitrogens with two attached hydrogens (primary N) is 1. The number of thioether (sulfide) groups is 1. The van der Waals surface area contributed by atoms with Crippen molar-refractivity contribution in [2.75, 3.05) is 23.8 Å². The van der Waals surface area contributed by atoms with Gasteiger partial charge in [-0.15, -0.1) is 0 Å². The highest BCUT2D eigenvalue weighted by molar-refractivity contribution is 7.99. The molecule has 3 nitrogen and oxygen atoms in total. The Bertz CT molecular complexity index is 541. The Labute approximate surface area is 137 Å². The summed E-state index contributed by atoms with van der Waals surface area (Å²) in [4.78, 5) is 0.779. The molecule has 0 bridgehead atoms. The Balaban J connectivity index is 1.76. The van der Waals surface area contributed by atoms with E-state index in [9.17, 15) is 4.21 Å². The molecule has 1 aromatic carbocycles. The lowest BCUT2D eigenvalue weighted by Crippen LogP contribution is -2.45. The lowest BCUT2D eigenvalue weighted by molar-refractivity contribution is -0.0809. The van der Waals surface area contributed by atoms with Gasteiger partial charge in [0.05, 0.1) is 27.1 Å². The number of anilines is 1. The van der Waals surface area contributed by atoms with Gasteiger partial charge >= 0.3 is 0 Å². The number of ether oxygens (including phenoxy) is 1. The molecule has 2 aliphatic heterocycles. The summed E-state index contributed by atoms with van der Waals surface area (Å²) in [5.74, 6) is 2.29. The molecule has 2 heterocycles. The lowest BCUT2D eigenvalue weighted by atomic mass is 9.88. The van der Waals surface area contributed by atoms with E-state index in [0.717, 1.165) is 42.1 Å². The largest absolute Gasteiger partial charge is 0.398 e. The molecule has 1 spiro atoms. The van der Waals surface area contributed by atoms with Gasteiger partial charge in [-0.2, -0.15) is 11.8 Å². The standard InChI is InChI=1S/C15H20ClNO2S2/c16-13-9-11(1-2-14(13)17)21(18)12-3-6-19-15(10-12)4-7-20-8-5-15/h1-2,9,12H,3-8,10,17H2. The highest BCUT2D eigenvalue weighted by Crippen LogP contribution is 2.40. The van der Waals surface area contributed by atoms with Crippen molar-refractivity contribution in [2.45, 2.75) is 41.4 Å². The van der Waals surface area contributed by atoms with Crippen LogP contribution < -0.4 is 5.73 Å². The molecule has 2 fully saturated rings. The number of nitrogen functional groups attached to an aromatic ring is 1. The number of hydrogen-bond donors (Lipinski definition) is 1. The number of halogens is 1. The molecule has 1 aromatic rings. The average molecular weight is 346 g/mol. The molecular weight excluding hydrogens is 326 g/mol. The summed E-state index contributed by atoms with van der Waals surface area (Å²) in [6.07, 6.45) is 3.90. The van der Waals surface area contributed by atoms with Gasteiger partial charge in [0.25, 0.3) is 0 Å². The van der Waals surface area contributed by atoms with Gasteiger partial charge in [0.2, 0.25) is 0 Å². The van der Waals surface area contributed by atoms with Crippen LogP contribution in [-0.2, 0) is 15.5 Å². The van der Waals surface area contributed by atoms with Gasteiger partial charge in [-0.3, -0.25) is 4.21 Å². The zero-order chi connectivity index (χ0) is 14.9. The van der Waals surface area contributed by atoms with Crippen molar-refractivity contribution in [2.24, 2.45) is 0 Å². The monoisotopic (exact) mass is 345 g/mol. The van der Waals surface area contributed by atoms with Crippen LogP contribution in [0.25, 0.3) is 0 Å². The Kier molecular flexibility index (Phi) is 4.84. The summed E-state index contributed by atoms with van der Waals surface area (Å²) in [6, 6.07) is 5.31. The van der Waals surface area contributed by atoms with Gasteiger partial charge in [-0.25, -0.2) is 0 Å². The molecule has 2 N–H and O–H groups in total. The fraction of sp³-hybridized carbons (Fsp3) is 0.600. The SMILES string of the molecule is Nc1ccc(S(=O)C2CCOC3(CCSCC3)C2)cc1Cl. The predicted octanol–water partition coefficient (Wildman–Crippen LogP) is 3.47. The van der Waals surface area contributed by atoms with E-state index in [1.54, 1.807) is 12.1 Å². The van der Waals surface area contributed by atoms with Crippen molar-refractivity contribution in [1.82, 2.24) is 0 Å². The third-order valence-electron chi connectivity index (χ3n) is 4.36. The van der Waals surface area contributed by atoms with Crippen LogP contribution in [0.1, 0.15) is 25.7 Å². The quantitative estimate of drug-likeness (QED) is 0.834. The third kappa shape index (κ3) is 3.41. The highest BCUT2D eigenvalue weighted by atomic mass is 35.5. The first kappa shape index (κ1) is 15.7. The minimum Gasteiger partial charge on any atom is -0.398 e. The Hall–Kier alpha value is -0.230. The number of benzene rings is 1. The summed E-state index contributed by atoms with van der Waals surface area (Å²) in [7, 11) is -1.04. The van der Waals surface area contributed by atoms with E-state index in [0.29, 0.717) is 17.3 Å². The van der Waals surface area contributed by atoms with Gasteiger partial charge in [-0.1, -0.05) is 11.6 Å². The Morgan fingerprint density at radius 1 is 1.38 bits per heavy atom. The molecule has 6 heteroatoms. The van der Waals surface area contributed by atoms with E-state index in [1.807, 2.05) is 17.8 Å². The summed E-state index contributed by atoms with van der Waals surface area (Å²) >= 11 is 8.04. The van der Waals surface area contributed by atoms with Crippen LogP contribution in [0.15, 0.2) is 23.1 Å². The minimum atomic E-state index is -1.04. The van der Waals surface area contributed by atoms with Crippen LogP contribution in [0, 0.1) is 0 Å².